The highest BCUT2D eigenvalue weighted by Gasteiger charge is 2.27. The summed E-state index contributed by atoms with van der Waals surface area (Å²) < 4.78 is 7.73. The van der Waals surface area contributed by atoms with Crippen LogP contribution in [0, 0.1) is 11.3 Å². The van der Waals surface area contributed by atoms with Crippen molar-refractivity contribution in [3.63, 3.8) is 0 Å². The van der Waals surface area contributed by atoms with Crippen LogP contribution in [-0.4, -0.2) is 25.9 Å². The summed E-state index contributed by atoms with van der Waals surface area (Å²) in [6.07, 6.45) is 7.39. The monoisotopic (exact) mass is 421 g/mol. The highest BCUT2D eigenvalue weighted by atomic mass is 32.2. The number of amides is 1. The van der Waals surface area contributed by atoms with E-state index in [0.717, 1.165) is 18.0 Å². The van der Waals surface area contributed by atoms with Gasteiger partial charge in [-0.1, -0.05) is 31.0 Å². The van der Waals surface area contributed by atoms with Gasteiger partial charge in [-0.2, -0.15) is 5.26 Å². The minimum absolute atomic E-state index is 0.123. The van der Waals surface area contributed by atoms with Crippen LogP contribution in [-0.2, 0) is 4.79 Å². The largest absolute Gasteiger partial charge is 0.461 e. The molecule has 1 amide bonds. The molecule has 8 heteroatoms. The summed E-state index contributed by atoms with van der Waals surface area (Å²) in [5.74, 6) is 1.28. The van der Waals surface area contributed by atoms with Gasteiger partial charge in [-0.3, -0.25) is 9.36 Å². The van der Waals surface area contributed by atoms with Crippen LogP contribution in [0.25, 0.3) is 11.6 Å². The van der Waals surface area contributed by atoms with Crippen LogP contribution in [0.15, 0.2) is 52.2 Å². The minimum atomic E-state index is -0.364. The number of benzene rings is 1. The molecule has 0 aliphatic heterocycles. The van der Waals surface area contributed by atoms with Gasteiger partial charge in [-0.25, -0.2) is 0 Å². The highest BCUT2D eigenvalue weighted by molar-refractivity contribution is 8.00. The number of carbonyl (C=O) groups is 1. The van der Waals surface area contributed by atoms with Crippen LogP contribution in [0.5, 0.6) is 0 Å². The van der Waals surface area contributed by atoms with Gasteiger partial charge in [0, 0.05) is 11.7 Å². The molecule has 0 radical (unpaired) electrons. The molecule has 2 heterocycles. The van der Waals surface area contributed by atoms with Gasteiger partial charge < -0.3 is 9.73 Å². The molecule has 1 aliphatic rings. The van der Waals surface area contributed by atoms with E-state index in [1.165, 1.54) is 31.0 Å². The Morgan fingerprint density at radius 2 is 2.00 bits per heavy atom. The third-order valence-corrected chi connectivity index (χ3v) is 6.34. The fourth-order valence-corrected chi connectivity index (χ4v) is 4.60. The Morgan fingerprint density at radius 3 is 2.67 bits per heavy atom. The maximum absolute atomic E-state index is 12.7. The zero-order valence-corrected chi connectivity index (χ0v) is 17.6. The van der Waals surface area contributed by atoms with Gasteiger partial charge in [0.05, 0.1) is 23.1 Å². The van der Waals surface area contributed by atoms with E-state index in [9.17, 15) is 4.79 Å². The molecule has 1 N–H and O–H groups in total. The number of rotatable bonds is 6. The van der Waals surface area contributed by atoms with Crippen molar-refractivity contribution in [2.75, 3.05) is 5.32 Å². The lowest BCUT2D eigenvalue weighted by Crippen LogP contribution is -2.23. The molecule has 0 unspecified atom stereocenters. The summed E-state index contributed by atoms with van der Waals surface area (Å²) in [7, 11) is 0. The van der Waals surface area contributed by atoms with Gasteiger partial charge in [0.2, 0.25) is 11.7 Å². The zero-order valence-electron chi connectivity index (χ0n) is 16.7. The SMILES string of the molecule is C[C@H](Sc1nnc(-c2ccco2)n1C1CCCCC1)C(=O)Nc1ccc(C#N)cc1. The molecule has 1 saturated carbocycles. The Hall–Kier alpha value is -3.05. The molecule has 0 bridgehead atoms. The van der Waals surface area contributed by atoms with Crippen molar-refractivity contribution in [2.24, 2.45) is 0 Å². The van der Waals surface area contributed by atoms with Crippen LogP contribution < -0.4 is 5.32 Å². The van der Waals surface area contributed by atoms with Crippen molar-refractivity contribution in [3.8, 4) is 17.7 Å². The fourth-order valence-electron chi connectivity index (χ4n) is 3.68. The van der Waals surface area contributed by atoms with E-state index >= 15 is 0 Å². The molecule has 3 aromatic rings. The van der Waals surface area contributed by atoms with E-state index in [4.69, 9.17) is 9.68 Å². The van der Waals surface area contributed by atoms with Gasteiger partial charge in [0.15, 0.2) is 10.9 Å². The first-order valence-electron chi connectivity index (χ1n) is 10.1. The molecule has 1 aromatic carbocycles. The number of furan rings is 1. The van der Waals surface area contributed by atoms with E-state index in [2.05, 4.69) is 26.2 Å². The van der Waals surface area contributed by atoms with Crippen molar-refractivity contribution in [1.82, 2.24) is 14.8 Å². The van der Waals surface area contributed by atoms with Gasteiger partial charge in [0.25, 0.3) is 0 Å². The number of hydrogen-bond acceptors (Lipinski definition) is 6. The number of anilines is 1. The van der Waals surface area contributed by atoms with Crippen LogP contribution in [0.3, 0.4) is 0 Å². The summed E-state index contributed by atoms with van der Waals surface area (Å²) in [4.78, 5) is 12.7. The van der Waals surface area contributed by atoms with Crippen molar-refractivity contribution in [2.45, 2.75) is 55.5 Å². The molecule has 1 atom stereocenters. The summed E-state index contributed by atoms with van der Waals surface area (Å²) in [6.45, 7) is 1.86. The van der Waals surface area contributed by atoms with Crippen molar-refractivity contribution in [3.05, 3.63) is 48.2 Å². The maximum atomic E-state index is 12.7. The van der Waals surface area contributed by atoms with Crippen molar-refractivity contribution in [1.29, 1.82) is 5.26 Å². The highest BCUT2D eigenvalue weighted by Crippen LogP contribution is 2.36. The summed E-state index contributed by atoms with van der Waals surface area (Å²) >= 11 is 1.40. The van der Waals surface area contributed by atoms with E-state index in [1.807, 2.05) is 19.1 Å². The van der Waals surface area contributed by atoms with E-state index in [-0.39, 0.29) is 11.2 Å². The quantitative estimate of drug-likeness (QED) is 0.561. The van der Waals surface area contributed by atoms with Gasteiger partial charge in [0.1, 0.15) is 0 Å². The smallest absolute Gasteiger partial charge is 0.237 e. The summed E-state index contributed by atoms with van der Waals surface area (Å²) in [5, 5.41) is 21.0. The third-order valence-electron chi connectivity index (χ3n) is 5.28. The van der Waals surface area contributed by atoms with E-state index in [1.54, 1.807) is 30.5 Å². The fraction of sp³-hybridized carbons (Fsp3) is 0.364. The number of nitriles is 1. The Kier molecular flexibility index (Phi) is 6.19. The molecule has 1 fully saturated rings. The lowest BCUT2D eigenvalue weighted by atomic mass is 9.95. The number of nitrogens with zero attached hydrogens (tertiary/aromatic N) is 4. The number of carbonyl (C=O) groups excluding carboxylic acids is 1. The maximum Gasteiger partial charge on any atom is 0.237 e. The molecule has 4 rings (SSSR count). The van der Waals surface area contributed by atoms with E-state index < -0.39 is 0 Å². The Labute approximate surface area is 179 Å². The second-order valence-corrected chi connectivity index (χ2v) is 8.69. The second kappa shape index (κ2) is 9.18. The Bertz CT molecular complexity index is 1030. The first-order chi connectivity index (χ1) is 14.7. The van der Waals surface area contributed by atoms with Gasteiger partial charge in [-0.05, 0) is 56.2 Å². The summed E-state index contributed by atoms with van der Waals surface area (Å²) in [6, 6.07) is 12.9. The molecular formula is C22H23N5O2S. The summed E-state index contributed by atoms with van der Waals surface area (Å²) in [5.41, 5.74) is 1.22. The molecule has 154 valence electrons. The minimum Gasteiger partial charge on any atom is -0.461 e. The number of hydrogen-bond donors (Lipinski definition) is 1. The van der Waals surface area contributed by atoms with Crippen LogP contribution >= 0.6 is 11.8 Å². The van der Waals surface area contributed by atoms with E-state index in [0.29, 0.717) is 28.9 Å². The molecule has 0 saturated heterocycles. The zero-order chi connectivity index (χ0) is 20.9. The lowest BCUT2D eigenvalue weighted by molar-refractivity contribution is -0.115. The molecule has 7 nitrogen and oxygen atoms in total. The molecule has 30 heavy (non-hydrogen) atoms. The topological polar surface area (TPSA) is 96.7 Å². The molecule has 0 spiro atoms. The van der Waals surface area contributed by atoms with Crippen LogP contribution in [0.4, 0.5) is 5.69 Å². The average Bonchev–Trinajstić information content (AvgIpc) is 3.44. The molecular weight excluding hydrogens is 398 g/mol. The Morgan fingerprint density at radius 1 is 1.23 bits per heavy atom. The number of nitrogens with one attached hydrogen (secondary N) is 1. The van der Waals surface area contributed by atoms with Crippen molar-refractivity contribution >= 4 is 23.4 Å². The molecule has 2 aromatic heterocycles. The second-order valence-electron chi connectivity index (χ2n) is 7.38. The first-order valence-corrected chi connectivity index (χ1v) is 11.0. The van der Waals surface area contributed by atoms with Gasteiger partial charge in [-0.15, -0.1) is 10.2 Å². The lowest BCUT2D eigenvalue weighted by Gasteiger charge is -2.25. The first kappa shape index (κ1) is 20.2. The Balaban J connectivity index is 1.52. The van der Waals surface area contributed by atoms with Gasteiger partial charge >= 0.3 is 0 Å². The molecule has 1 aliphatic carbocycles. The number of thioether (sulfide) groups is 1. The van der Waals surface area contributed by atoms with Crippen LogP contribution in [0.2, 0.25) is 0 Å². The average molecular weight is 422 g/mol. The normalized spacial score (nSPS) is 15.5. The predicted octanol–water partition coefficient (Wildman–Crippen LogP) is 5.03. The predicted molar refractivity (Wildman–Crippen MR) is 115 cm³/mol. The number of aromatic nitrogens is 3. The van der Waals surface area contributed by atoms with Crippen LogP contribution in [0.1, 0.15) is 50.6 Å². The van der Waals surface area contributed by atoms with Crippen molar-refractivity contribution < 1.29 is 9.21 Å². The third kappa shape index (κ3) is 4.41. The standard InChI is InChI=1S/C22H23N5O2S/c1-15(21(28)24-17-11-9-16(14-23)10-12-17)30-22-26-25-20(19-8-5-13-29-19)27(22)18-6-3-2-4-7-18/h5,8-13,15,18H,2-4,6-7H2,1H3,(H,24,28)/t15-/m0/s1.